The highest BCUT2D eigenvalue weighted by molar-refractivity contribution is 6.09. The molecule has 6 nitrogen and oxygen atoms in total. The lowest BCUT2D eigenvalue weighted by atomic mass is 9.82. The monoisotopic (exact) mass is 431 g/mol. The van der Waals surface area contributed by atoms with Crippen LogP contribution in [0.5, 0.6) is 0 Å². The molecule has 0 radical (unpaired) electrons. The average Bonchev–Trinajstić information content (AvgIpc) is 3.06. The van der Waals surface area contributed by atoms with Gasteiger partial charge in [0.25, 0.3) is 5.91 Å². The van der Waals surface area contributed by atoms with Gasteiger partial charge in [-0.25, -0.2) is 4.99 Å². The highest BCUT2D eigenvalue weighted by Crippen LogP contribution is 2.40. The van der Waals surface area contributed by atoms with E-state index < -0.39 is 5.54 Å². The van der Waals surface area contributed by atoms with Crippen molar-refractivity contribution in [1.82, 2.24) is 15.1 Å². The first-order valence-corrected chi connectivity index (χ1v) is 11.4. The summed E-state index contributed by atoms with van der Waals surface area (Å²) in [7, 11) is 0. The summed E-state index contributed by atoms with van der Waals surface area (Å²) in [5.41, 5.74) is 6.95. The van der Waals surface area contributed by atoms with Gasteiger partial charge in [0.1, 0.15) is 0 Å². The predicted molar refractivity (Wildman–Crippen MR) is 129 cm³/mol. The van der Waals surface area contributed by atoms with Gasteiger partial charge in [-0.1, -0.05) is 67.2 Å². The summed E-state index contributed by atoms with van der Waals surface area (Å²) in [5.74, 6) is 1.58. The highest BCUT2D eigenvalue weighted by atomic mass is 16.2. The average molecular weight is 432 g/mol. The Morgan fingerprint density at radius 2 is 1.62 bits per heavy atom. The standard InChI is InChI=1S/C26H33N5O/c1-19(2)28-20(3)30-16-14-21(15-17-30)18-31-24(32)26(29-25(31)27,22-10-6-4-7-11-22)23-12-8-5-9-13-23/h4-13,19,21,28H,3,14-18H2,1-2H3,(H2,27,29). The molecule has 0 spiro atoms. The zero-order valence-electron chi connectivity index (χ0n) is 19.0. The van der Waals surface area contributed by atoms with Crippen LogP contribution in [0.3, 0.4) is 0 Å². The van der Waals surface area contributed by atoms with Crippen LogP contribution in [-0.4, -0.2) is 47.3 Å². The van der Waals surface area contributed by atoms with Crippen molar-refractivity contribution in [3.05, 3.63) is 84.2 Å². The van der Waals surface area contributed by atoms with E-state index in [0.717, 1.165) is 42.9 Å². The second-order valence-electron chi connectivity index (χ2n) is 9.00. The SMILES string of the molecule is C=C(NC(C)C)N1CCC(CN2C(=O)C(c3ccccc3)(c3ccccc3)N=C2N)CC1. The van der Waals surface area contributed by atoms with Crippen molar-refractivity contribution in [3.8, 4) is 0 Å². The number of likely N-dealkylation sites (tertiary alicyclic amines) is 1. The Morgan fingerprint density at radius 1 is 1.09 bits per heavy atom. The molecule has 2 heterocycles. The van der Waals surface area contributed by atoms with E-state index in [0.29, 0.717) is 24.5 Å². The van der Waals surface area contributed by atoms with Crippen LogP contribution in [-0.2, 0) is 10.3 Å². The quantitative estimate of drug-likeness (QED) is 0.706. The first kappa shape index (κ1) is 21.9. The molecule has 4 rings (SSSR count). The van der Waals surface area contributed by atoms with E-state index in [4.69, 9.17) is 10.7 Å². The van der Waals surface area contributed by atoms with Gasteiger partial charge >= 0.3 is 0 Å². The summed E-state index contributed by atoms with van der Waals surface area (Å²) in [4.78, 5) is 22.7. The predicted octanol–water partition coefficient (Wildman–Crippen LogP) is 3.27. The second kappa shape index (κ2) is 9.07. The topological polar surface area (TPSA) is 74.0 Å². The number of nitrogens with two attached hydrogens (primary N) is 1. The number of nitrogens with zero attached hydrogens (tertiary/aromatic N) is 3. The number of hydrogen-bond donors (Lipinski definition) is 2. The van der Waals surface area contributed by atoms with Gasteiger partial charge in [-0.15, -0.1) is 0 Å². The van der Waals surface area contributed by atoms with Crippen molar-refractivity contribution in [1.29, 1.82) is 0 Å². The van der Waals surface area contributed by atoms with Crippen molar-refractivity contribution in [3.63, 3.8) is 0 Å². The van der Waals surface area contributed by atoms with Gasteiger partial charge in [-0.3, -0.25) is 9.69 Å². The third kappa shape index (κ3) is 4.09. The number of piperidine rings is 1. The lowest BCUT2D eigenvalue weighted by Crippen LogP contribution is -2.47. The maximum atomic E-state index is 13.9. The number of nitrogens with one attached hydrogen (secondary N) is 1. The molecule has 0 atom stereocenters. The third-order valence-corrected chi connectivity index (χ3v) is 6.39. The van der Waals surface area contributed by atoms with Gasteiger partial charge < -0.3 is 16.0 Å². The molecule has 6 heteroatoms. The fourth-order valence-electron chi connectivity index (χ4n) is 4.73. The van der Waals surface area contributed by atoms with Crippen LogP contribution in [0.2, 0.25) is 0 Å². The van der Waals surface area contributed by atoms with Crippen molar-refractivity contribution in [2.45, 2.75) is 38.3 Å². The third-order valence-electron chi connectivity index (χ3n) is 6.39. The molecule has 1 fully saturated rings. The highest BCUT2D eigenvalue weighted by Gasteiger charge is 2.50. The van der Waals surface area contributed by atoms with E-state index in [2.05, 4.69) is 30.6 Å². The van der Waals surface area contributed by atoms with Gasteiger partial charge in [0, 0.05) is 25.7 Å². The molecule has 0 unspecified atom stereocenters. The fourth-order valence-corrected chi connectivity index (χ4v) is 4.73. The van der Waals surface area contributed by atoms with Crippen LogP contribution in [0.4, 0.5) is 0 Å². The summed E-state index contributed by atoms with van der Waals surface area (Å²) >= 11 is 0. The Kier molecular flexibility index (Phi) is 6.21. The number of benzene rings is 2. The van der Waals surface area contributed by atoms with Crippen LogP contribution < -0.4 is 11.1 Å². The van der Waals surface area contributed by atoms with Crippen LogP contribution in [0.25, 0.3) is 0 Å². The molecule has 2 aliphatic heterocycles. The molecule has 168 valence electrons. The molecule has 3 N–H and O–H groups in total. The van der Waals surface area contributed by atoms with Crippen molar-refractivity contribution in [2.24, 2.45) is 16.6 Å². The molecule has 1 amide bonds. The Bertz CT molecular complexity index is 938. The molecule has 0 aliphatic carbocycles. The Morgan fingerprint density at radius 3 is 2.12 bits per heavy atom. The molecular formula is C26H33N5O. The number of aliphatic imine (C=N–C) groups is 1. The molecule has 0 aromatic heterocycles. The molecule has 2 aliphatic rings. The van der Waals surface area contributed by atoms with Crippen LogP contribution in [0, 0.1) is 5.92 Å². The maximum Gasteiger partial charge on any atom is 0.266 e. The largest absolute Gasteiger partial charge is 0.370 e. The molecule has 32 heavy (non-hydrogen) atoms. The number of hydrogen-bond acceptors (Lipinski definition) is 5. The lowest BCUT2D eigenvalue weighted by Gasteiger charge is -2.37. The van der Waals surface area contributed by atoms with Crippen LogP contribution >= 0.6 is 0 Å². The van der Waals surface area contributed by atoms with Crippen molar-refractivity contribution in [2.75, 3.05) is 19.6 Å². The molecule has 0 saturated carbocycles. The van der Waals surface area contributed by atoms with E-state index in [1.165, 1.54) is 0 Å². The van der Waals surface area contributed by atoms with Gasteiger partial charge in [0.2, 0.25) is 0 Å². The minimum atomic E-state index is -1.12. The fraction of sp³-hybridized carbons (Fsp3) is 0.385. The van der Waals surface area contributed by atoms with Crippen LogP contribution in [0.1, 0.15) is 37.8 Å². The first-order chi connectivity index (χ1) is 15.4. The Labute approximate surface area is 190 Å². The molecule has 0 bridgehead atoms. The zero-order valence-corrected chi connectivity index (χ0v) is 19.0. The molecular weight excluding hydrogens is 398 g/mol. The number of rotatable bonds is 7. The van der Waals surface area contributed by atoms with Gasteiger partial charge in [0.15, 0.2) is 11.5 Å². The lowest BCUT2D eigenvalue weighted by molar-refractivity contribution is -0.130. The number of guanidine groups is 1. The van der Waals surface area contributed by atoms with Gasteiger partial charge in [0.05, 0.1) is 5.82 Å². The first-order valence-electron chi connectivity index (χ1n) is 11.4. The van der Waals surface area contributed by atoms with E-state index >= 15 is 0 Å². The number of carbonyl (C=O) groups excluding carboxylic acids is 1. The smallest absolute Gasteiger partial charge is 0.266 e. The minimum absolute atomic E-state index is 0.0688. The van der Waals surface area contributed by atoms with Crippen LogP contribution in [0.15, 0.2) is 78.1 Å². The summed E-state index contributed by atoms with van der Waals surface area (Å²) in [6.07, 6.45) is 1.97. The normalized spacial score (nSPS) is 18.7. The van der Waals surface area contributed by atoms with Gasteiger partial charge in [-0.2, -0.15) is 0 Å². The summed E-state index contributed by atoms with van der Waals surface area (Å²) in [5, 5.41) is 3.39. The maximum absolute atomic E-state index is 13.9. The van der Waals surface area contributed by atoms with E-state index in [1.54, 1.807) is 4.90 Å². The Hall–Kier alpha value is -3.28. The number of carbonyl (C=O) groups is 1. The van der Waals surface area contributed by atoms with E-state index in [9.17, 15) is 4.79 Å². The molecule has 2 aromatic rings. The number of amides is 1. The summed E-state index contributed by atoms with van der Waals surface area (Å²) in [6, 6.07) is 19.8. The summed E-state index contributed by atoms with van der Waals surface area (Å²) < 4.78 is 0. The second-order valence-corrected chi connectivity index (χ2v) is 9.00. The van der Waals surface area contributed by atoms with Gasteiger partial charge in [-0.05, 0) is 43.7 Å². The summed E-state index contributed by atoms with van der Waals surface area (Å²) in [6.45, 7) is 10.8. The zero-order chi connectivity index (χ0) is 22.7. The van der Waals surface area contributed by atoms with Crippen molar-refractivity contribution < 1.29 is 4.79 Å². The Balaban J connectivity index is 1.52. The van der Waals surface area contributed by atoms with E-state index in [1.807, 2.05) is 60.7 Å². The minimum Gasteiger partial charge on any atom is -0.370 e. The van der Waals surface area contributed by atoms with Crippen molar-refractivity contribution >= 4 is 11.9 Å². The van der Waals surface area contributed by atoms with E-state index in [-0.39, 0.29) is 5.91 Å². The molecule has 2 aromatic carbocycles. The molecule has 1 saturated heterocycles.